The van der Waals surface area contributed by atoms with Crippen LogP contribution in [0.1, 0.15) is 30.5 Å². The van der Waals surface area contributed by atoms with Gasteiger partial charge in [0.1, 0.15) is 0 Å². The molecule has 1 aliphatic rings. The summed E-state index contributed by atoms with van der Waals surface area (Å²) in [5.41, 5.74) is 2.46. The van der Waals surface area contributed by atoms with Crippen LogP contribution in [0.25, 0.3) is 0 Å². The van der Waals surface area contributed by atoms with E-state index in [9.17, 15) is 4.79 Å². The first-order valence-electron chi connectivity index (χ1n) is 6.48. The van der Waals surface area contributed by atoms with Crippen molar-refractivity contribution in [2.45, 2.75) is 32.9 Å². The highest BCUT2D eigenvalue weighted by molar-refractivity contribution is 5.86. The third-order valence-electron chi connectivity index (χ3n) is 3.85. The van der Waals surface area contributed by atoms with Gasteiger partial charge < -0.3 is 5.32 Å². The Labute approximate surface area is 114 Å². The van der Waals surface area contributed by atoms with Gasteiger partial charge in [-0.05, 0) is 44.0 Å². The number of nitrogens with zero attached hydrogens (tertiary/aromatic N) is 2. The molecule has 2 rings (SSSR count). The minimum absolute atomic E-state index is 0.0741. The summed E-state index contributed by atoms with van der Waals surface area (Å²) in [6, 6.07) is 7.85. The van der Waals surface area contributed by atoms with E-state index in [1.165, 1.54) is 5.56 Å². The van der Waals surface area contributed by atoms with Crippen molar-refractivity contribution in [3.8, 4) is 6.07 Å². The molecule has 0 unspecified atom stereocenters. The molecule has 100 valence electrons. The van der Waals surface area contributed by atoms with Crippen LogP contribution in [0.3, 0.4) is 0 Å². The van der Waals surface area contributed by atoms with Gasteiger partial charge in [0.2, 0.25) is 5.91 Å². The molecule has 1 amide bonds. The largest absolute Gasteiger partial charge is 0.353 e. The fourth-order valence-corrected chi connectivity index (χ4v) is 2.37. The summed E-state index contributed by atoms with van der Waals surface area (Å²) in [4.78, 5) is 14.1. The van der Waals surface area contributed by atoms with Gasteiger partial charge in [-0.1, -0.05) is 6.07 Å². The second-order valence-corrected chi connectivity index (χ2v) is 5.49. The normalized spacial score (nSPS) is 18.7. The van der Waals surface area contributed by atoms with Gasteiger partial charge in [-0.2, -0.15) is 5.26 Å². The van der Waals surface area contributed by atoms with E-state index in [1.54, 1.807) is 0 Å². The summed E-state index contributed by atoms with van der Waals surface area (Å²) in [5, 5.41) is 11.8. The topological polar surface area (TPSA) is 56.1 Å². The molecule has 0 aliphatic carbocycles. The highest BCUT2D eigenvalue weighted by Gasteiger charge is 2.37. The Balaban J connectivity index is 2.21. The highest BCUT2D eigenvalue weighted by Crippen LogP contribution is 2.22. The average molecular weight is 257 g/mol. The van der Waals surface area contributed by atoms with Crippen LogP contribution in [0.5, 0.6) is 0 Å². The average Bonchev–Trinajstić information content (AvgIpc) is 2.37. The summed E-state index contributed by atoms with van der Waals surface area (Å²) in [5.74, 6) is 0.0741. The van der Waals surface area contributed by atoms with Gasteiger partial charge in [-0.15, -0.1) is 0 Å². The van der Waals surface area contributed by atoms with Gasteiger partial charge in [0.25, 0.3) is 0 Å². The fraction of sp³-hybridized carbons (Fsp3) is 0.467. The number of piperazine rings is 1. The third kappa shape index (κ3) is 2.61. The zero-order valence-electron chi connectivity index (χ0n) is 11.7. The van der Waals surface area contributed by atoms with E-state index in [-0.39, 0.29) is 5.91 Å². The summed E-state index contributed by atoms with van der Waals surface area (Å²) in [6.45, 7) is 8.17. The predicted molar refractivity (Wildman–Crippen MR) is 73.4 cm³/mol. The molecule has 0 atom stereocenters. The van der Waals surface area contributed by atoms with Gasteiger partial charge in [0.05, 0.1) is 17.2 Å². The number of amides is 1. The molecule has 0 spiro atoms. The standard InChI is InChI=1S/C15H19N3O/c1-11-8-12(9-16)4-5-13(11)10-18-7-6-17-14(19)15(18,2)3/h4-5,8H,6-7,10H2,1-3H3,(H,17,19). The quantitative estimate of drug-likeness (QED) is 0.875. The van der Waals surface area contributed by atoms with Crippen LogP contribution in [0.2, 0.25) is 0 Å². The summed E-state index contributed by atoms with van der Waals surface area (Å²) < 4.78 is 0. The van der Waals surface area contributed by atoms with Gasteiger partial charge in [-0.25, -0.2) is 0 Å². The Morgan fingerprint density at radius 2 is 2.21 bits per heavy atom. The molecule has 0 aromatic heterocycles. The Kier molecular flexibility index (Phi) is 3.59. The number of benzene rings is 1. The van der Waals surface area contributed by atoms with Crippen LogP contribution >= 0.6 is 0 Å². The number of nitrogens with one attached hydrogen (secondary N) is 1. The molecule has 1 fully saturated rings. The Morgan fingerprint density at radius 1 is 1.47 bits per heavy atom. The molecular weight excluding hydrogens is 238 g/mol. The monoisotopic (exact) mass is 257 g/mol. The molecule has 1 N–H and O–H groups in total. The molecule has 1 heterocycles. The van der Waals surface area contributed by atoms with Crippen LogP contribution in [0, 0.1) is 18.3 Å². The van der Waals surface area contributed by atoms with Crippen LogP contribution < -0.4 is 5.32 Å². The van der Waals surface area contributed by atoms with Crippen LogP contribution in [0.15, 0.2) is 18.2 Å². The number of hydrogen-bond acceptors (Lipinski definition) is 3. The Morgan fingerprint density at radius 3 is 2.84 bits per heavy atom. The zero-order chi connectivity index (χ0) is 14.0. The van der Waals surface area contributed by atoms with E-state index in [2.05, 4.69) is 16.3 Å². The van der Waals surface area contributed by atoms with Gasteiger partial charge >= 0.3 is 0 Å². The number of carbonyl (C=O) groups excluding carboxylic acids is 1. The molecule has 4 nitrogen and oxygen atoms in total. The van der Waals surface area contributed by atoms with Gasteiger partial charge in [-0.3, -0.25) is 9.69 Å². The molecule has 4 heteroatoms. The molecule has 0 bridgehead atoms. The van der Waals surface area contributed by atoms with E-state index in [0.29, 0.717) is 12.1 Å². The summed E-state index contributed by atoms with van der Waals surface area (Å²) >= 11 is 0. The maximum atomic E-state index is 11.9. The minimum Gasteiger partial charge on any atom is -0.353 e. The lowest BCUT2D eigenvalue weighted by atomic mass is 9.96. The lowest BCUT2D eigenvalue weighted by Gasteiger charge is -2.41. The minimum atomic E-state index is -0.488. The smallest absolute Gasteiger partial charge is 0.240 e. The van der Waals surface area contributed by atoms with Crippen molar-refractivity contribution < 1.29 is 4.79 Å². The first-order chi connectivity index (χ1) is 8.95. The number of carbonyl (C=O) groups is 1. The number of hydrogen-bond donors (Lipinski definition) is 1. The van der Waals surface area contributed by atoms with E-state index in [4.69, 9.17) is 5.26 Å². The SMILES string of the molecule is Cc1cc(C#N)ccc1CN1CCNC(=O)C1(C)C. The second kappa shape index (κ2) is 5.02. The van der Waals surface area contributed by atoms with Crippen LogP contribution in [-0.2, 0) is 11.3 Å². The van der Waals surface area contributed by atoms with Crippen molar-refractivity contribution in [2.24, 2.45) is 0 Å². The van der Waals surface area contributed by atoms with Crippen molar-refractivity contribution in [2.75, 3.05) is 13.1 Å². The molecular formula is C15H19N3O. The maximum absolute atomic E-state index is 11.9. The van der Waals surface area contributed by atoms with E-state index < -0.39 is 5.54 Å². The van der Waals surface area contributed by atoms with E-state index in [0.717, 1.165) is 18.7 Å². The van der Waals surface area contributed by atoms with Gasteiger partial charge in [0.15, 0.2) is 0 Å². The number of rotatable bonds is 2. The first-order valence-corrected chi connectivity index (χ1v) is 6.48. The van der Waals surface area contributed by atoms with E-state index >= 15 is 0 Å². The van der Waals surface area contributed by atoms with Crippen molar-refractivity contribution in [3.05, 3.63) is 34.9 Å². The van der Waals surface area contributed by atoms with Gasteiger partial charge in [0, 0.05) is 19.6 Å². The van der Waals surface area contributed by atoms with Crippen LogP contribution in [-0.4, -0.2) is 29.4 Å². The zero-order valence-corrected chi connectivity index (χ0v) is 11.7. The fourth-order valence-electron chi connectivity index (χ4n) is 2.37. The molecule has 19 heavy (non-hydrogen) atoms. The second-order valence-electron chi connectivity index (χ2n) is 5.49. The van der Waals surface area contributed by atoms with Crippen molar-refractivity contribution in [3.63, 3.8) is 0 Å². The Hall–Kier alpha value is -1.86. The maximum Gasteiger partial charge on any atom is 0.240 e. The van der Waals surface area contributed by atoms with Crippen molar-refractivity contribution in [1.82, 2.24) is 10.2 Å². The molecule has 1 aromatic rings. The summed E-state index contributed by atoms with van der Waals surface area (Å²) in [6.07, 6.45) is 0. The number of aryl methyl sites for hydroxylation is 1. The number of nitriles is 1. The lowest BCUT2D eigenvalue weighted by molar-refractivity contribution is -0.135. The van der Waals surface area contributed by atoms with E-state index in [1.807, 2.05) is 39.0 Å². The van der Waals surface area contributed by atoms with Crippen molar-refractivity contribution in [1.29, 1.82) is 5.26 Å². The first kappa shape index (κ1) is 13.6. The third-order valence-corrected chi connectivity index (χ3v) is 3.85. The highest BCUT2D eigenvalue weighted by atomic mass is 16.2. The molecule has 0 saturated carbocycles. The molecule has 1 saturated heterocycles. The van der Waals surface area contributed by atoms with Crippen LogP contribution in [0.4, 0.5) is 0 Å². The Bertz CT molecular complexity index is 543. The van der Waals surface area contributed by atoms with Crippen molar-refractivity contribution >= 4 is 5.91 Å². The predicted octanol–water partition coefficient (Wildman–Crippen LogP) is 1.58. The molecule has 1 aliphatic heterocycles. The summed E-state index contributed by atoms with van der Waals surface area (Å²) in [7, 11) is 0. The molecule has 0 radical (unpaired) electrons. The lowest BCUT2D eigenvalue weighted by Crippen LogP contribution is -2.61. The molecule has 1 aromatic carbocycles.